The molecule has 1 N–H and O–H groups in total. The van der Waals surface area contributed by atoms with E-state index < -0.39 is 0 Å². The van der Waals surface area contributed by atoms with Crippen LogP contribution in [-0.4, -0.2) is 70.8 Å². The summed E-state index contributed by atoms with van der Waals surface area (Å²) in [6, 6.07) is 8.66. The number of H-pyrrole nitrogens is 1. The number of aromatic nitrogens is 2. The smallest absolute Gasteiger partial charge is 0.261 e. The normalized spacial score (nSPS) is 15.8. The van der Waals surface area contributed by atoms with Crippen molar-refractivity contribution in [1.29, 1.82) is 0 Å². The van der Waals surface area contributed by atoms with Crippen molar-refractivity contribution in [1.82, 2.24) is 19.8 Å². The third kappa shape index (κ3) is 3.72. The van der Waals surface area contributed by atoms with Crippen LogP contribution in [0, 0.1) is 0 Å². The molecule has 8 heteroatoms. The molecule has 3 amide bonds. The summed E-state index contributed by atoms with van der Waals surface area (Å²) < 4.78 is 5.01. The number of aromatic amines is 1. The number of pyridine rings is 1. The van der Waals surface area contributed by atoms with E-state index in [-0.39, 0.29) is 17.7 Å². The maximum atomic E-state index is 13.1. The molecule has 4 heterocycles. The van der Waals surface area contributed by atoms with E-state index in [1.54, 1.807) is 36.4 Å². The molecule has 2 aliphatic rings. The van der Waals surface area contributed by atoms with Crippen molar-refractivity contribution >= 4 is 34.3 Å². The van der Waals surface area contributed by atoms with Gasteiger partial charge in [0.25, 0.3) is 17.7 Å². The molecule has 8 nitrogen and oxygen atoms in total. The van der Waals surface area contributed by atoms with Gasteiger partial charge in [0.2, 0.25) is 0 Å². The molecular weight excluding hydrogens is 420 g/mol. The first-order chi connectivity index (χ1) is 16.1. The summed E-state index contributed by atoms with van der Waals surface area (Å²) in [6.07, 6.45) is 7.07. The van der Waals surface area contributed by atoms with E-state index in [2.05, 4.69) is 16.0 Å². The summed E-state index contributed by atoms with van der Waals surface area (Å²) in [6.45, 7) is 1.81. The van der Waals surface area contributed by atoms with Crippen LogP contribution in [0.25, 0.3) is 16.6 Å². The standard InChI is InChI=1S/C25H24N4O4/c1-33-13-3-10-29-24(31)18-6-5-17(14-19(18)25(29)32)23(30)28-11-7-16(8-12-28)20-15-27-21-4-2-9-26-22(20)21/h2,4-7,9,14-15,27H,3,8,10-13H2,1H3. The van der Waals surface area contributed by atoms with Crippen LogP contribution in [0.5, 0.6) is 0 Å². The van der Waals surface area contributed by atoms with Crippen molar-refractivity contribution in [2.75, 3.05) is 33.4 Å². The van der Waals surface area contributed by atoms with Crippen LogP contribution in [0.15, 0.2) is 48.8 Å². The minimum Gasteiger partial charge on any atom is -0.385 e. The number of methoxy groups -OCH3 is 1. The fourth-order valence-electron chi connectivity index (χ4n) is 4.47. The second kappa shape index (κ2) is 8.63. The van der Waals surface area contributed by atoms with Crippen molar-refractivity contribution < 1.29 is 19.1 Å². The Kier molecular flexibility index (Phi) is 5.51. The molecule has 33 heavy (non-hydrogen) atoms. The number of fused-ring (bicyclic) bond motifs is 2. The number of nitrogens with zero attached hydrogens (tertiary/aromatic N) is 3. The highest BCUT2D eigenvalue weighted by molar-refractivity contribution is 6.22. The van der Waals surface area contributed by atoms with E-state index in [1.807, 2.05) is 18.3 Å². The Balaban J connectivity index is 1.32. The maximum absolute atomic E-state index is 13.1. The fourth-order valence-corrected chi connectivity index (χ4v) is 4.47. The van der Waals surface area contributed by atoms with Gasteiger partial charge in [0, 0.05) is 56.9 Å². The quantitative estimate of drug-likeness (QED) is 0.466. The topological polar surface area (TPSA) is 95.6 Å². The number of ether oxygens (including phenoxy) is 1. The Morgan fingerprint density at radius 2 is 2.00 bits per heavy atom. The van der Waals surface area contributed by atoms with Gasteiger partial charge in [0.15, 0.2) is 0 Å². The Bertz CT molecular complexity index is 1290. The van der Waals surface area contributed by atoms with Crippen LogP contribution < -0.4 is 0 Å². The Morgan fingerprint density at radius 3 is 2.79 bits per heavy atom. The van der Waals surface area contributed by atoms with E-state index >= 15 is 0 Å². The Morgan fingerprint density at radius 1 is 1.15 bits per heavy atom. The largest absolute Gasteiger partial charge is 0.385 e. The lowest BCUT2D eigenvalue weighted by Gasteiger charge is -2.26. The highest BCUT2D eigenvalue weighted by Crippen LogP contribution is 2.29. The molecule has 0 aliphatic carbocycles. The van der Waals surface area contributed by atoms with Gasteiger partial charge in [-0.25, -0.2) is 0 Å². The lowest BCUT2D eigenvalue weighted by Crippen LogP contribution is -2.34. The van der Waals surface area contributed by atoms with Crippen molar-refractivity contribution in [2.45, 2.75) is 12.8 Å². The van der Waals surface area contributed by atoms with E-state index in [0.29, 0.717) is 55.8 Å². The van der Waals surface area contributed by atoms with Crippen molar-refractivity contribution in [3.8, 4) is 0 Å². The number of rotatable bonds is 6. The fraction of sp³-hybridized carbons (Fsp3) is 0.280. The van der Waals surface area contributed by atoms with Gasteiger partial charge < -0.3 is 14.6 Å². The zero-order chi connectivity index (χ0) is 22.9. The first kappa shape index (κ1) is 21.1. The molecule has 0 radical (unpaired) electrons. The molecule has 0 bridgehead atoms. The Hall–Kier alpha value is -3.78. The molecule has 0 spiro atoms. The van der Waals surface area contributed by atoms with E-state index in [1.165, 1.54) is 4.90 Å². The van der Waals surface area contributed by atoms with Crippen LogP contribution >= 0.6 is 0 Å². The summed E-state index contributed by atoms with van der Waals surface area (Å²) >= 11 is 0. The van der Waals surface area contributed by atoms with Crippen LogP contribution in [0.4, 0.5) is 0 Å². The summed E-state index contributed by atoms with van der Waals surface area (Å²) in [5.41, 5.74) is 5.20. The zero-order valence-corrected chi connectivity index (χ0v) is 18.3. The second-order valence-corrected chi connectivity index (χ2v) is 8.20. The molecule has 0 saturated heterocycles. The molecule has 3 aromatic rings. The summed E-state index contributed by atoms with van der Waals surface area (Å²) in [7, 11) is 1.58. The zero-order valence-electron chi connectivity index (χ0n) is 18.3. The number of hydrogen-bond donors (Lipinski definition) is 1. The molecule has 0 unspecified atom stereocenters. The predicted molar refractivity (Wildman–Crippen MR) is 123 cm³/mol. The summed E-state index contributed by atoms with van der Waals surface area (Å²) in [4.78, 5) is 49.2. The van der Waals surface area contributed by atoms with Gasteiger partial charge >= 0.3 is 0 Å². The van der Waals surface area contributed by atoms with E-state index in [0.717, 1.165) is 22.2 Å². The lowest BCUT2D eigenvalue weighted by molar-refractivity contribution is 0.0638. The third-order valence-electron chi connectivity index (χ3n) is 6.22. The first-order valence-electron chi connectivity index (χ1n) is 11.0. The molecule has 168 valence electrons. The summed E-state index contributed by atoms with van der Waals surface area (Å²) in [5.74, 6) is -0.820. The SMILES string of the molecule is COCCCN1C(=O)c2ccc(C(=O)N3CC=C(c4c[nH]c5cccnc45)CC3)cc2C1=O. The van der Waals surface area contributed by atoms with Crippen LogP contribution in [0.2, 0.25) is 0 Å². The molecule has 1 aromatic carbocycles. The van der Waals surface area contributed by atoms with Crippen molar-refractivity contribution in [3.05, 3.63) is 71.1 Å². The minimum absolute atomic E-state index is 0.150. The second-order valence-electron chi connectivity index (χ2n) is 8.20. The van der Waals surface area contributed by atoms with E-state index in [4.69, 9.17) is 4.74 Å². The highest BCUT2D eigenvalue weighted by Gasteiger charge is 2.36. The average Bonchev–Trinajstić information content (AvgIpc) is 3.38. The summed E-state index contributed by atoms with van der Waals surface area (Å²) in [5, 5.41) is 0. The number of benzene rings is 1. The number of carbonyl (C=O) groups is 3. The van der Waals surface area contributed by atoms with Crippen molar-refractivity contribution in [2.24, 2.45) is 0 Å². The van der Waals surface area contributed by atoms with Gasteiger partial charge in [0.1, 0.15) is 0 Å². The lowest BCUT2D eigenvalue weighted by atomic mass is 9.99. The molecule has 0 saturated carbocycles. The number of imide groups is 1. The number of carbonyl (C=O) groups excluding carboxylic acids is 3. The Labute approximate surface area is 190 Å². The van der Waals surface area contributed by atoms with Gasteiger partial charge in [-0.2, -0.15) is 0 Å². The molecule has 0 atom stereocenters. The number of nitrogens with one attached hydrogen (secondary N) is 1. The molecule has 0 fully saturated rings. The highest BCUT2D eigenvalue weighted by atomic mass is 16.5. The third-order valence-corrected chi connectivity index (χ3v) is 6.22. The van der Waals surface area contributed by atoms with Gasteiger partial charge in [-0.15, -0.1) is 0 Å². The van der Waals surface area contributed by atoms with Gasteiger partial charge in [0.05, 0.1) is 22.2 Å². The van der Waals surface area contributed by atoms with Crippen LogP contribution in [-0.2, 0) is 4.74 Å². The van der Waals surface area contributed by atoms with Gasteiger partial charge in [-0.1, -0.05) is 6.08 Å². The molecule has 2 aliphatic heterocycles. The monoisotopic (exact) mass is 444 g/mol. The maximum Gasteiger partial charge on any atom is 0.261 e. The number of amides is 3. The average molecular weight is 444 g/mol. The first-order valence-corrected chi connectivity index (χ1v) is 11.0. The van der Waals surface area contributed by atoms with Gasteiger partial charge in [-0.3, -0.25) is 24.3 Å². The predicted octanol–water partition coefficient (Wildman–Crippen LogP) is 3.12. The number of hydrogen-bond acceptors (Lipinski definition) is 5. The van der Waals surface area contributed by atoms with E-state index in [9.17, 15) is 14.4 Å². The van der Waals surface area contributed by atoms with Gasteiger partial charge in [-0.05, 0) is 48.7 Å². The van der Waals surface area contributed by atoms with Crippen LogP contribution in [0.1, 0.15) is 49.5 Å². The molecule has 5 rings (SSSR count). The van der Waals surface area contributed by atoms with Crippen LogP contribution in [0.3, 0.4) is 0 Å². The molecular formula is C25H24N4O4. The minimum atomic E-state index is -0.353. The molecule has 2 aromatic heterocycles. The van der Waals surface area contributed by atoms with Crippen molar-refractivity contribution in [3.63, 3.8) is 0 Å².